The second-order valence-corrected chi connectivity index (χ2v) is 5.77. The van der Waals surface area contributed by atoms with Gasteiger partial charge in [-0.1, -0.05) is 6.92 Å². The van der Waals surface area contributed by atoms with Gasteiger partial charge in [0, 0.05) is 11.8 Å². The van der Waals surface area contributed by atoms with Crippen LogP contribution in [0.5, 0.6) is 0 Å². The number of esters is 1. The average molecular weight is 275 g/mol. The first kappa shape index (κ1) is 15.5. The predicted molar refractivity (Wildman–Crippen MR) is 64.8 cm³/mol. The van der Waals surface area contributed by atoms with Crippen LogP contribution in [-0.2, 0) is 14.9 Å². The molecule has 7 heteroatoms. The summed E-state index contributed by atoms with van der Waals surface area (Å²) in [7, 11) is 0. The van der Waals surface area contributed by atoms with Crippen LogP contribution in [0.3, 0.4) is 0 Å². The van der Waals surface area contributed by atoms with Crippen molar-refractivity contribution in [3.05, 3.63) is 11.9 Å². The molecule has 1 unspecified atom stereocenters. The third kappa shape index (κ3) is 4.92. The fourth-order valence-corrected chi connectivity index (χ4v) is 1.80. The highest BCUT2D eigenvalue weighted by molar-refractivity contribution is 5.71. The fraction of sp³-hybridized carbons (Fsp3) is 0.750. The van der Waals surface area contributed by atoms with Crippen molar-refractivity contribution in [2.24, 2.45) is 0 Å². The summed E-state index contributed by atoms with van der Waals surface area (Å²) in [5.41, 5.74) is -1.41. The highest BCUT2D eigenvalue weighted by Gasteiger charge is 2.36. The quantitative estimate of drug-likeness (QED) is 0.838. The molecule has 1 aromatic heterocycles. The van der Waals surface area contributed by atoms with Gasteiger partial charge in [0.1, 0.15) is 5.60 Å². The second-order valence-electron chi connectivity index (χ2n) is 5.77. The van der Waals surface area contributed by atoms with Crippen molar-refractivity contribution in [3.63, 3.8) is 0 Å². The Morgan fingerprint density at radius 3 is 2.47 bits per heavy atom. The van der Waals surface area contributed by atoms with Gasteiger partial charge in [-0.2, -0.15) is 15.4 Å². The van der Waals surface area contributed by atoms with Crippen molar-refractivity contribution in [3.8, 4) is 0 Å². The molecule has 1 heterocycles. The number of rotatable bonds is 5. The minimum Gasteiger partial charge on any atom is -0.460 e. The van der Waals surface area contributed by atoms with Gasteiger partial charge in [-0.25, -0.2) is 8.78 Å². The number of halogens is 2. The van der Waals surface area contributed by atoms with Crippen LogP contribution in [0.15, 0.2) is 6.20 Å². The van der Waals surface area contributed by atoms with Crippen LogP contribution in [-0.4, -0.2) is 33.4 Å². The molecule has 19 heavy (non-hydrogen) atoms. The normalized spacial score (nSPS) is 15.3. The largest absolute Gasteiger partial charge is 0.460 e. The SMILES string of the molecule is CC(C)(C)OC(=O)CC(C)(CC(F)F)c1cn[nH]n1. The van der Waals surface area contributed by atoms with E-state index in [1.54, 1.807) is 27.7 Å². The summed E-state index contributed by atoms with van der Waals surface area (Å²) in [6, 6.07) is 0. The summed E-state index contributed by atoms with van der Waals surface area (Å²) in [4.78, 5) is 11.8. The lowest BCUT2D eigenvalue weighted by Gasteiger charge is -2.28. The fourth-order valence-electron chi connectivity index (χ4n) is 1.80. The van der Waals surface area contributed by atoms with E-state index in [1.165, 1.54) is 6.20 Å². The molecule has 0 radical (unpaired) electrons. The molecule has 1 aromatic rings. The second kappa shape index (κ2) is 5.63. The molecule has 0 spiro atoms. The van der Waals surface area contributed by atoms with E-state index >= 15 is 0 Å². The van der Waals surface area contributed by atoms with Crippen LogP contribution in [0.4, 0.5) is 8.78 Å². The summed E-state index contributed by atoms with van der Waals surface area (Å²) < 4.78 is 30.6. The van der Waals surface area contributed by atoms with E-state index in [2.05, 4.69) is 15.4 Å². The highest BCUT2D eigenvalue weighted by Crippen LogP contribution is 2.33. The third-order valence-corrected chi connectivity index (χ3v) is 2.59. The van der Waals surface area contributed by atoms with Crippen molar-refractivity contribution in [2.45, 2.75) is 58.0 Å². The van der Waals surface area contributed by atoms with Crippen LogP contribution in [0.2, 0.25) is 0 Å². The molecule has 1 atom stereocenters. The summed E-state index contributed by atoms with van der Waals surface area (Å²) in [5.74, 6) is -0.529. The van der Waals surface area contributed by atoms with Gasteiger partial charge in [-0.3, -0.25) is 4.79 Å². The Bertz CT molecular complexity index is 415. The number of carbonyl (C=O) groups excluding carboxylic acids is 1. The molecule has 0 aliphatic heterocycles. The zero-order chi connectivity index (χ0) is 14.7. The number of aromatic amines is 1. The third-order valence-electron chi connectivity index (χ3n) is 2.59. The number of nitrogens with one attached hydrogen (secondary N) is 1. The molecule has 0 fully saturated rings. The number of hydrogen-bond acceptors (Lipinski definition) is 4. The number of aromatic nitrogens is 3. The van der Waals surface area contributed by atoms with Crippen LogP contribution in [0, 0.1) is 0 Å². The molecule has 108 valence electrons. The number of carbonyl (C=O) groups is 1. The van der Waals surface area contributed by atoms with E-state index in [-0.39, 0.29) is 6.42 Å². The number of alkyl halides is 2. The standard InChI is InChI=1S/C12H19F2N3O2/c1-11(2,3)19-10(18)6-12(4,5-9(13)14)8-7-15-17-16-8/h7,9H,5-6H2,1-4H3,(H,15,16,17). The summed E-state index contributed by atoms with van der Waals surface area (Å²) in [5, 5.41) is 9.79. The molecule has 0 aromatic carbocycles. The molecule has 1 rings (SSSR count). The van der Waals surface area contributed by atoms with E-state index in [0.29, 0.717) is 5.69 Å². The maximum absolute atomic E-state index is 12.7. The minimum absolute atomic E-state index is 0.166. The van der Waals surface area contributed by atoms with E-state index in [4.69, 9.17) is 4.74 Å². The Morgan fingerprint density at radius 1 is 1.42 bits per heavy atom. The lowest BCUT2D eigenvalue weighted by atomic mass is 9.80. The monoisotopic (exact) mass is 275 g/mol. The Labute approximate surface area is 110 Å². The number of nitrogens with zero attached hydrogens (tertiary/aromatic N) is 2. The molecule has 0 saturated heterocycles. The topological polar surface area (TPSA) is 67.9 Å². The van der Waals surface area contributed by atoms with Gasteiger partial charge in [0.15, 0.2) is 0 Å². The smallest absolute Gasteiger partial charge is 0.307 e. The van der Waals surface area contributed by atoms with Crippen LogP contribution in [0.1, 0.15) is 46.2 Å². The molecule has 0 bridgehead atoms. The summed E-state index contributed by atoms with van der Waals surface area (Å²) >= 11 is 0. The van der Waals surface area contributed by atoms with E-state index in [9.17, 15) is 13.6 Å². The average Bonchev–Trinajstić information content (AvgIpc) is 2.64. The summed E-state index contributed by atoms with van der Waals surface area (Å²) in [6.07, 6.45) is -1.82. The van der Waals surface area contributed by atoms with Crippen LogP contribution >= 0.6 is 0 Å². The lowest BCUT2D eigenvalue weighted by Crippen LogP contribution is -2.33. The molecule has 0 amide bonds. The van der Waals surface area contributed by atoms with Crippen LogP contribution < -0.4 is 0 Å². The Hall–Kier alpha value is -1.53. The maximum atomic E-state index is 12.7. The molecule has 5 nitrogen and oxygen atoms in total. The van der Waals surface area contributed by atoms with Gasteiger partial charge in [-0.15, -0.1) is 0 Å². The first-order valence-corrected chi connectivity index (χ1v) is 5.99. The maximum Gasteiger partial charge on any atom is 0.307 e. The Balaban J connectivity index is 2.84. The van der Waals surface area contributed by atoms with Gasteiger partial charge in [0.05, 0.1) is 18.3 Å². The predicted octanol–water partition coefficient (Wildman–Crippen LogP) is 2.45. The lowest BCUT2D eigenvalue weighted by molar-refractivity contribution is -0.156. The van der Waals surface area contributed by atoms with Gasteiger partial charge in [-0.05, 0) is 20.8 Å². The number of ether oxygens (including phenoxy) is 1. The van der Waals surface area contributed by atoms with E-state index in [1.807, 2.05) is 0 Å². The van der Waals surface area contributed by atoms with E-state index < -0.39 is 29.8 Å². The summed E-state index contributed by atoms with van der Waals surface area (Å²) in [6.45, 7) is 6.74. The van der Waals surface area contributed by atoms with Gasteiger partial charge < -0.3 is 4.74 Å². The molecule has 0 saturated carbocycles. The minimum atomic E-state index is -2.54. The zero-order valence-corrected chi connectivity index (χ0v) is 11.5. The molecule has 0 aliphatic rings. The van der Waals surface area contributed by atoms with Crippen molar-refractivity contribution in [2.75, 3.05) is 0 Å². The van der Waals surface area contributed by atoms with Crippen molar-refractivity contribution in [1.82, 2.24) is 15.4 Å². The highest BCUT2D eigenvalue weighted by atomic mass is 19.3. The molecule has 0 aliphatic carbocycles. The first-order valence-electron chi connectivity index (χ1n) is 5.99. The van der Waals surface area contributed by atoms with Gasteiger partial charge in [0.25, 0.3) is 0 Å². The van der Waals surface area contributed by atoms with Crippen molar-refractivity contribution >= 4 is 5.97 Å². The number of hydrogen-bond donors (Lipinski definition) is 1. The Morgan fingerprint density at radius 2 is 2.05 bits per heavy atom. The van der Waals surface area contributed by atoms with Crippen LogP contribution in [0.25, 0.3) is 0 Å². The van der Waals surface area contributed by atoms with Crippen molar-refractivity contribution < 1.29 is 18.3 Å². The molecular formula is C12H19F2N3O2. The van der Waals surface area contributed by atoms with Gasteiger partial charge >= 0.3 is 5.97 Å². The number of H-pyrrole nitrogens is 1. The zero-order valence-electron chi connectivity index (χ0n) is 11.5. The Kier molecular flexibility index (Phi) is 4.60. The molecular weight excluding hydrogens is 256 g/mol. The molecule has 1 N–H and O–H groups in total. The van der Waals surface area contributed by atoms with Gasteiger partial charge in [0.2, 0.25) is 6.43 Å². The first-order chi connectivity index (χ1) is 8.62. The van der Waals surface area contributed by atoms with Crippen molar-refractivity contribution in [1.29, 1.82) is 0 Å². The van der Waals surface area contributed by atoms with E-state index in [0.717, 1.165) is 0 Å².